The molecular formula is C26H20F4N6O4S. The number of carbonyl (C=O) groups excluding carboxylic acids is 2. The minimum Gasteiger partial charge on any atom is -0.345 e. The zero-order chi connectivity index (χ0) is 29.7. The Morgan fingerprint density at radius 1 is 1.05 bits per heavy atom. The van der Waals surface area contributed by atoms with E-state index >= 15 is 0 Å². The maximum Gasteiger partial charge on any atom is 0.416 e. The van der Waals surface area contributed by atoms with Gasteiger partial charge in [0.1, 0.15) is 5.82 Å². The lowest BCUT2D eigenvalue weighted by atomic mass is 10.1. The molecule has 0 fully saturated rings. The molecule has 1 heterocycles. The maximum atomic E-state index is 13.4. The number of nitro benzene ring substituents is 1. The molecule has 0 saturated carbocycles. The second-order valence-corrected chi connectivity index (χ2v) is 9.51. The number of aryl methyl sites for hydroxylation is 1. The number of benzene rings is 3. The number of nitrogens with zero attached hydrogens (tertiary/aromatic N) is 4. The highest BCUT2D eigenvalue weighted by molar-refractivity contribution is 7.99. The van der Waals surface area contributed by atoms with Crippen molar-refractivity contribution in [2.24, 2.45) is 0 Å². The molecule has 4 aromatic rings. The summed E-state index contributed by atoms with van der Waals surface area (Å²) in [4.78, 5) is 35.8. The summed E-state index contributed by atoms with van der Waals surface area (Å²) >= 11 is 0.878. The van der Waals surface area contributed by atoms with Gasteiger partial charge in [-0.2, -0.15) is 13.2 Å². The van der Waals surface area contributed by atoms with Gasteiger partial charge in [-0.1, -0.05) is 23.9 Å². The van der Waals surface area contributed by atoms with Crippen LogP contribution in [0.15, 0.2) is 71.9 Å². The SMILES string of the molecule is Cc1ccc(C(=O)NCc2nnc(SCC(=O)Nc3ccc(F)cc3)n2-c2cccc(C(F)(F)F)c2)cc1[N+](=O)[O-]. The minimum absolute atomic E-state index is 0.000466. The van der Waals surface area contributed by atoms with Crippen LogP contribution in [0, 0.1) is 22.9 Å². The van der Waals surface area contributed by atoms with Crippen molar-refractivity contribution in [3.8, 4) is 5.69 Å². The summed E-state index contributed by atoms with van der Waals surface area (Å²) in [5.41, 5.74) is -0.448. The summed E-state index contributed by atoms with van der Waals surface area (Å²) in [5, 5.41) is 24.4. The predicted octanol–water partition coefficient (Wildman–Crippen LogP) is 5.30. The summed E-state index contributed by atoms with van der Waals surface area (Å²) in [6.07, 6.45) is -4.64. The van der Waals surface area contributed by atoms with E-state index in [1.54, 1.807) is 0 Å². The predicted molar refractivity (Wildman–Crippen MR) is 141 cm³/mol. The molecule has 10 nitrogen and oxygen atoms in total. The number of thioether (sulfide) groups is 1. The summed E-state index contributed by atoms with van der Waals surface area (Å²) in [5.74, 6) is -1.82. The van der Waals surface area contributed by atoms with Crippen molar-refractivity contribution in [1.29, 1.82) is 0 Å². The van der Waals surface area contributed by atoms with Crippen LogP contribution in [-0.4, -0.2) is 37.3 Å². The van der Waals surface area contributed by atoms with Crippen molar-refractivity contribution >= 4 is 35.0 Å². The van der Waals surface area contributed by atoms with Crippen molar-refractivity contribution < 1.29 is 32.1 Å². The highest BCUT2D eigenvalue weighted by Gasteiger charge is 2.31. The third-order valence-corrected chi connectivity index (χ3v) is 6.60. The third-order valence-electron chi connectivity index (χ3n) is 5.67. The van der Waals surface area contributed by atoms with Gasteiger partial charge in [0.25, 0.3) is 11.6 Å². The Balaban J connectivity index is 1.58. The Kier molecular flexibility index (Phi) is 8.66. The van der Waals surface area contributed by atoms with Crippen LogP contribution in [0.3, 0.4) is 0 Å². The molecule has 15 heteroatoms. The lowest BCUT2D eigenvalue weighted by Crippen LogP contribution is -2.25. The molecule has 0 radical (unpaired) electrons. The quantitative estimate of drug-likeness (QED) is 0.117. The number of rotatable bonds is 9. The number of amides is 2. The van der Waals surface area contributed by atoms with Crippen LogP contribution >= 0.6 is 11.8 Å². The summed E-state index contributed by atoms with van der Waals surface area (Å²) in [6.45, 7) is 1.22. The van der Waals surface area contributed by atoms with Gasteiger partial charge in [-0.05, 0) is 55.5 Å². The fraction of sp³-hybridized carbons (Fsp3) is 0.154. The maximum absolute atomic E-state index is 13.4. The molecule has 0 aliphatic heterocycles. The van der Waals surface area contributed by atoms with Gasteiger partial charge < -0.3 is 10.6 Å². The molecular weight excluding hydrogens is 568 g/mol. The minimum atomic E-state index is -4.64. The molecule has 3 aromatic carbocycles. The number of hydrogen-bond donors (Lipinski definition) is 2. The van der Waals surface area contributed by atoms with Crippen LogP contribution in [-0.2, 0) is 17.5 Å². The van der Waals surface area contributed by atoms with Gasteiger partial charge in [-0.3, -0.25) is 24.3 Å². The highest BCUT2D eigenvalue weighted by atomic mass is 32.2. The Morgan fingerprint density at radius 2 is 1.78 bits per heavy atom. The van der Waals surface area contributed by atoms with Crippen LogP contribution < -0.4 is 10.6 Å². The monoisotopic (exact) mass is 588 g/mol. The molecule has 0 spiro atoms. The van der Waals surface area contributed by atoms with Gasteiger partial charge in [0.15, 0.2) is 11.0 Å². The number of hydrogen-bond acceptors (Lipinski definition) is 7. The van der Waals surface area contributed by atoms with Crippen LogP contribution in [0.25, 0.3) is 5.69 Å². The Bertz CT molecular complexity index is 1610. The van der Waals surface area contributed by atoms with Crippen molar-refractivity contribution in [2.45, 2.75) is 24.8 Å². The van der Waals surface area contributed by atoms with Crippen molar-refractivity contribution in [1.82, 2.24) is 20.1 Å². The first kappa shape index (κ1) is 29.2. The second kappa shape index (κ2) is 12.2. The Labute approximate surface area is 233 Å². The van der Waals surface area contributed by atoms with Crippen molar-refractivity contribution in [3.63, 3.8) is 0 Å². The van der Waals surface area contributed by atoms with Gasteiger partial charge >= 0.3 is 6.18 Å². The first-order valence-electron chi connectivity index (χ1n) is 11.8. The summed E-state index contributed by atoms with van der Waals surface area (Å²) in [7, 11) is 0. The average molecular weight is 589 g/mol. The number of carbonyl (C=O) groups is 2. The number of anilines is 1. The third kappa shape index (κ3) is 7.25. The molecule has 1 aromatic heterocycles. The molecule has 0 bridgehead atoms. The summed E-state index contributed by atoms with van der Waals surface area (Å²) < 4.78 is 54.7. The van der Waals surface area contributed by atoms with Crippen LogP contribution in [0.2, 0.25) is 0 Å². The Morgan fingerprint density at radius 3 is 2.46 bits per heavy atom. The number of aromatic nitrogens is 3. The van der Waals surface area contributed by atoms with Crippen LogP contribution in [0.4, 0.5) is 28.9 Å². The number of halogens is 4. The average Bonchev–Trinajstić information content (AvgIpc) is 3.34. The van der Waals surface area contributed by atoms with E-state index in [1.807, 2.05) is 0 Å². The number of nitrogens with one attached hydrogen (secondary N) is 2. The van der Waals surface area contributed by atoms with E-state index in [1.165, 1.54) is 60.0 Å². The first-order valence-corrected chi connectivity index (χ1v) is 12.7. The van der Waals surface area contributed by atoms with Crippen molar-refractivity contribution in [2.75, 3.05) is 11.1 Å². The van der Waals surface area contributed by atoms with E-state index in [4.69, 9.17) is 0 Å². The largest absolute Gasteiger partial charge is 0.416 e. The van der Waals surface area contributed by atoms with Gasteiger partial charge in [-0.25, -0.2) is 4.39 Å². The highest BCUT2D eigenvalue weighted by Crippen LogP contribution is 2.32. The molecule has 0 aliphatic rings. The zero-order valence-electron chi connectivity index (χ0n) is 21.1. The first-order chi connectivity index (χ1) is 19.4. The van der Waals surface area contributed by atoms with E-state index in [0.29, 0.717) is 11.3 Å². The van der Waals surface area contributed by atoms with Gasteiger partial charge in [-0.15, -0.1) is 10.2 Å². The van der Waals surface area contributed by atoms with Gasteiger partial charge in [0.2, 0.25) is 5.91 Å². The van der Waals surface area contributed by atoms with E-state index in [0.717, 1.165) is 30.0 Å². The molecule has 0 atom stereocenters. The van der Waals surface area contributed by atoms with Gasteiger partial charge in [0.05, 0.1) is 28.5 Å². The molecule has 2 N–H and O–H groups in total. The molecule has 4 rings (SSSR count). The lowest BCUT2D eigenvalue weighted by molar-refractivity contribution is -0.385. The fourth-order valence-electron chi connectivity index (χ4n) is 3.66. The lowest BCUT2D eigenvalue weighted by Gasteiger charge is -2.13. The normalized spacial score (nSPS) is 11.2. The number of alkyl halides is 3. The molecule has 2 amide bonds. The number of nitro groups is 1. The van der Waals surface area contributed by atoms with Gasteiger partial charge in [0, 0.05) is 22.9 Å². The van der Waals surface area contributed by atoms with Crippen molar-refractivity contribution in [3.05, 3.63) is 105 Å². The molecule has 0 saturated heterocycles. The molecule has 0 aliphatic carbocycles. The molecule has 41 heavy (non-hydrogen) atoms. The molecule has 212 valence electrons. The zero-order valence-corrected chi connectivity index (χ0v) is 21.9. The summed E-state index contributed by atoms with van der Waals surface area (Å²) in [6, 6.07) is 13.4. The van der Waals surface area contributed by atoms with Crippen LogP contribution in [0.5, 0.6) is 0 Å². The molecule has 0 unspecified atom stereocenters. The van der Waals surface area contributed by atoms with E-state index in [9.17, 15) is 37.3 Å². The van der Waals surface area contributed by atoms with Crippen LogP contribution in [0.1, 0.15) is 27.3 Å². The fourth-order valence-corrected chi connectivity index (χ4v) is 4.43. The van der Waals surface area contributed by atoms with E-state index < -0.39 is 34.3 Å². The van der Waals surface area contributed by atoms with E-state index in [-0.39, 0.29) is 40.2 Å². The Hall–Kier alpha value is -4.79. The topological polar surface area (TPSA) is 132 Å². The standard InChI is InChI=1S/C26H20F4N6O4S/c1-15-5-6-16(11-21(15)36(39)40)24(38)31-13-22-33-34-25(35(22)20-4-2-3-17(12-20)26(28,29)30)41-14-23(37)32-19-9-7-18(27)8-10-19/h2-12H,13-14H2,1H3,(H,31,38)(H,32,37). The smallest absolute Gasteiger partial charge is 0.345 e. The second-order valence-electron chi connectivity index (χ2n) is 8.57. The van der Waals surface area contributed by atoms with E-state index in [2.05, 4.69) is 20.8 Å².